The Morgan fingerprint density at radius 2 is 1.95 bits per heavy atom. The van der Waals surface area contributed by atoms with Crippen LogP contribution >= 0.6 is 11.6 Å². The van der Waals surface area contributed by atoms with Crippen LogP contribution in [-0.2, 0) is 9.53 Å². The van der Waals surface area contributed by atoms with Gasteiger partial charge in [0, 0.05) is 23.8 Å². The van der Waals surface area contributed by atoms with E-state index in [1.165, 1.54) is 12.1 Å². The summed E-state index contributed by atoms with van der Waals surface area (Å²) in [6, 6.07) is 4.53. The van der Waals surface area contributed by atoms with Crippen LogP contribution in [0.4, 0.5) is 5.69 Å². The van der Waals surface area contributed by atoms with Crippen molar-refractivity contribution in [2.75, 3.05) is 18.8 Å². The van der Waals surface area contributed by atoms with E-state index >= 15 is 0 Å². The molecule has 0 radical (unpaired) electrons. The fourth-order valence-corrected chi connectivity index (χ4v) is 1.94. The minimum Gasteiger partial charge on any atom is -0.449 e. The van der Waals surface area contributed by atoms with Crippen LogP contribution < -0.4 is 5.73 Å². The van der Waals surface area contributed by atoms with Gasteiger partial charge in [-0.15, -0.1) is 0 Å². The summed E-state index contributed by atoms with van der Waals surface area (Å²) in [4.78, 5) is 25.6. The van der Waals surface area contributed by atoms with E-state index in [2.05, 4.69) is 0 Å². The van der Waals surface area contributed by atoms with E-state index in [1.54, 1.807) is 17.9 Å². The number of benzene rings is 1. The number of rotatable bonds is 5. The molecule has 0 saturated heterocycles. The second-order valence-electron chi connectivity index (χ2n) is 4.29. The van der Waals surface area contributed by atoms with Crippen molar-refractivity contribution in [3.05, 3.63) is 28.8 Å². The SMILES string of the molecule is CCN(CC)C(=O)C(C)OC(=O)c1cc(Cl)ccc1N. The predicted molar refractivity (Wildman–Crippen MR) is 78.7 cm³/mol. The molecule has 20 heavy (non-hydrogen) atoms. The zero-order valence-electron chi connectivity index (χ0n) is 11.9. The van der Waals surface area contributed by atoms with Gasteiger partial charge in [0.2, 0.25) is 0 Å². The van der Waals surface area contributed by atoms with Crippen LogP contribution in [-0.4, -0.2) is 36.0 Å². The normalized spacial score (nSPS) is 11.8. The van der Waals surface area contributed by atoms with E-state index in [-0.39, 0.29) is 17.2 Å². The van der Waals surface area contributed by atoms with Gasteiger partial charge in [0.1, 0.15) is 0 Å². The Kier molecular flexibility index (Phi) is 5.82. The molecule has 110 valence electrons. The lowest BCUT2D eigenvalue weighted by Gasteiger charge is -2.22. The molecule has 0 aromatic heterocycles. The molecular weight excluding hydrogens is 280 g/mol. The predicted octanol–water partition coefficient (Wildman–Crippen LogP) is 2.34. The molecule has 1 aromatic carbocycles. The van der Waals surface area contributed by atoms with Crippen LogP contribution in [0.2, 0.25) is 5.02 Å². The van der Waals surface area contributed by atoms with Crippen molar-refractivity contribution in [3.63, 3.8) is 0 Å². The zero-order valence-corrected chi connectivity index (χ0v) is 12.6. The summed E-state index contributed by atoms with van der Waals surface area (Å²) < 4.78 is 5.15. The first-order valence-corrected chi connectivity index (χ1v) is 6.83. The highest BCUT2D eigenvalue weighted by Crippen LogP contribution is 2.19. The molecule has 1 rings (SSSR count). The molecule has 1 amide bonds. The maximum Gasteiger partial charge on any atom is 0.341 e. The lowest BCUT2D eigenvalue weighted by Crippen LogP contribution is -2.39. The summed E-state index contributed by atoms with van der Waals surface area (Å²) in [5.41, 5.74) is 6.13. The molecule has 0 aliphatic rings. The first kappa shape index (κ1) is 16.3. The summed E-state index contributed by atoms with van der Waals surface area (Å²) in [5.74, 6) is -0.887. The minimum absolute atomic E-state index is 0.164. The summed E-state index contributed by atoms with van der Waals surface area (Å²) in [5, 5.41) is 0.383. The van der Waals surface area contributed by atoms with Gasteiger partial charge in [-0.1, -0.05) is 11.6 Å². The van der Waals surface area contributed by atoms with Gasteiger partial charge < -0.3 is 15.4 Å². The van der Waals surface area contributed by atoms with Gasteiger partial charge in [-0.2, -0.15) is 0 Å². The molecular formula is C14H19ClN2O3. The van der Waals surface area contributed by atoms with E-state index in [4.69, 9.17) is 22.1 Å². The highest BCUT2D eigenvalue weighted by Gasteiger charge is 2.23. The van der Waals surface area contributed by atoms with Crippen molar-refractivity contribution >= 4 is 29.2 Å². The number of amides is 1. The summed E-state index contributed by atoms with van der Waals surface area (Å²) in [6.45, 7) is 6.40. The Morgan fingerprint density at radius 1 is 1.35 bits per heavy atom. The van der Waals surface area contributed by atoms with Gasteiger partial charge in [-0.3, -0.25) is 4.79 Å². The molecule has 0 aliphatic carbocycles. The lowest BCUT2D eigenvalue weighted by molar-refractivity contribution is -0.139. The van der Waals surface area contributed by atoms with E-state index < -0.39 is 12.1 Å². The number of ether oxygens (including phenoxy) is 1. The first-order chi connectivity index (χ1) is 9.40. The van der Waals surface area contributed by atoms with Crippen molar-refractivity contribution < 1.29 is 14.3 Å². The highest BCUT2D eigenvalue weighted by atomic mass is 35.5. The Morgan fingerprint density at radius 3 is 2.50 bits per heavy atom. The number of anilines is 1. The summed E-state index contributed by atoms with van der Waals surface area (Å²) in [7, 11) is 0. The Balaban J connectivity index is 2.80. The molecule has 0 spiro atoms. The van der Waals surface area contributed by atoms with Crippen molar-refractivity contribution in [1.82, 2.24) is 4.90 Å². The van der Waals surface area contributed by atoms with Crippen LogP contribution in [0.5, 0.6) is 0 Å². The standard InChI is InChI=1S/C14H19ClN2O3/c1-4-17(5-2)13(18)9(3)20-14(19)11-8-10(15)6-7-12(11)16/h6-9H,4-5,16H2,1-3H3. The smallest absolute Gasteiger partial charge is 0.341 e. The summed E-state index contributed by atoms with van der Waals surface area (Å²) in [6.07, 6.45) is -0.860. The second kappa shape index (κ2) is 7.14. The molecule has 5 nitrogen and oxygen atoms in total. The average molecular weight is 299 g/mol. The van der Waals surface area contributed by atoms with Gasteiger partial charge >= 0.3 is 5.97 Å². The molecule has 6 heteroatoms. The third kappa shape index (κ3) is 3.87. The van der Waals surface area contributed by atoms with Crippen LogP contribution in [0.25, 0.3) is 0 Å². The van der Waals surface area contributed by atoms with E-state index in [9.17, 15) is 9.59 Å². The van der Waals surface area contributed by atoms with Crippen LogP contribution in [0.3, 0.4) is 0 Å². The number of likely N-dealkylation sites (N-methyl/N-ethyl adjacent to an activating group) is 1. The number of hydrogen-bond acceptors (Lipinski definition) is 4. The number of nitrogens with two attached hydrogens (primary N) is 1. The maximum absolute atomic E-state index is 12.0. The molecule has 1 unspecified atom stereocenters. The van der Waals surface area contributed by atoms with Gasteiger partial charge in [0.05, 0.1) is 5.56 Å². The molecule has 0 saturated carbocycles. The Bertz CT molecular complexity index is 501. The van der Waals surface area contributed by atoms with E-state index in [0.717, 1.165) is 0 Å². The molecule has 0 heterocycles. The third-order valence-electron chi connectivity index (χ3n) is 2.94. The van der Waals surface area contributed by atoms with Gasteiger partial charge in [-0.05, 0) is 39.0 Å². The summed E-state index contributed by atoms with van der Waals surface area (Å²) >= 11 is 5.82. The molecule has 0 aliphatic heterocycles. The number of esters is 1. The Labute approximate surface area is 123 Å². The second-order valence-corrected chi connectivity index (χ2v) is 4.73. The van der Waals surface area contributed by atoms with Crippen LogP contribution in [0.15, 0.2) is 18.2 Å². The number of nitrogens with zero attached hydrogens (tertiary/aromatic N) is 1. The third-order valence-corrected chi connectivity index (χ3v) is 3.18. The van der Waals surface area contributed by atoms with E-state index in [1.807, 2.05) is 13.8 Å². The molecule has 0 fully saturated rings. The first-order valence-electron chi connectivity index (χ1n) is 6.45. The number of carbonyl (C=O) groups is 2. The maximum atomic E-state index is 12.0. The fraction of sp³-hybridized carbons (Fsp3) is 0.429. The molecule has 2 N–H and O–H groups in total. The fourth-order valence-electron chi connectivity index (χ4n) is 1.77. The van der Waals surface area contributed by atoms with Crippen LogP contribution in [0, 0.1) is 0 Å². The number of hydrogen-bond donors (Lipinski definition) is 1. The highest BCUT2D eigenvalue weighted by molar-refractivity contribution is 6.31. The number of nitrogen functional groups attached to an aromatic ring is 1. The number of carbonyl (C=O) groups excluding carboxylic acids is 2. The van der Waals surface area contributed by atoms with Crippen LogP contribution in [0.1, 0.15) is 31.1 Å². The zero-order chi connectivity index (χ0) is 15.3. The molecule has 1 atom stereocenters. The monoisotopic (exact) mass is 298 g/mol. The van der Waals surface area contributed by atoms with Gasteiger partial charge in [-0.25, -0.2) is 4.79 Å². The van der Waals surface area contributed by atoms with Gasteiger partial charge in [0.25, 0.3) is 5.91 Å². The lowest BCUT2D eigenvalue weighted by atomic mass is 10.2. The van der Waals surface area contributed by atoms with Crippen molar-refractivity contribution in [3.8, 4) is 0 Å². The van der Waals surface area contributed by atoms with Crippen molar-refractivity contribution in [2.24, 2.45) is 0 Å². The topological polar surface area (TPSA) is 72.6 Å². The Hall–Kier alpha value is -1.75. The molecule has 1 aromatic rings. The number of halogens is 1. The van der Waals surface area contributed by atoms with Crippen molar-refractivity contribution in [2.45, 2.75) is 26.9 Å². The largest absolute Gasteiger partial charge is 0.449 e. The van der Waals surface area contributed by atoms with Crippen molar-refractivity contribution in [1.29, 1.82) is 0 Å². The average Bonchev–Trinajstić information content (AvgIpc) is 2.42. The minimum atomic E-state index is -0.860. The quantitative estimate of drug-likeness (QED) is 0.669. The van der Waals surface area contributed by atoms with Gasteiger partial charge in [0.15, 0.2) is 6.10 Å². The van der Waals surface area contributed by atoms with E-state index in [0.29, 0.717) is 18.1 Å². The molecule has 0 bridgehead atoms.